The first-order valence-corrected chi connectivity index (χ1v) is 7.04. The number of hydrogen-bond acceptors (Lipinski definition) is 4. The molecular weight excluding hydrogens is 240 g/mol. The minimum atomic E-state index is -0.431. The van der Waals surface area contributed by atoms with Gasteiger partial charge in [0.2, 0.25) is 0 Å². The minimum absolute atomic E-state index is 0.354. The summed E-state index contributed by atoms with van der Waals surface area (Å²) in [7, 11) is 0. The van der Waals surface area contributed by atoms with E-state index >= 15 is 0 Å². The van der Waals surface area contributed by atoms with E-state index in [4.69, 9.17) is 4.74 Å². The van der Waals surface area contributed by atoms with Crippen LogP contribution in [0.15, 0.2) is 24.3 Å². The maximum Gasteiger partial charge on any atom is 0.119 e. The Labute approximate surface area is 115 Å². The van der Waals surface area contributed by atoms with E-state index in [0.29, 0.717) is 13.2 Å². The van der Waals surface area contributed by atoms with Gasteiger partial charge in [0, 0.05) is 19.6 Å². The van der Waals surface area contributed by atoms with Crippen LogP contribution in [0.3, 0.4) is 0 Å². The topological polar surface area (TPSA) is 44.7 Å². The van der Waals surface area contributed by atoms with Gasteiger partial charge in [-0.3, -0.25) is 4.90 Å². The molecule has 0 radical (unpaired) electrons. The van der Waals surface area contributed by atoms with Crippen molar-refractivity contribution in [3.8, 4) is 5.75 Å². The monoisotopic (exact) mass is 264 g/mol. The lowest BCUT2D eigenvalue weighted by Gasteiger charge is -2.22. The van der Waals surface area contributed by atoms with Crippen LogP contribution in [0.2, 0.25) is 0 Å². The van der Waals surface area contributed by atoms with Crippen LogP contribution >= 0.6 is 0 Å². The molecular formula is C15H24N2O2. The van der Waals surface area contributed by atoms with E-state index in [1.54, 1.807) is 0 Å². The van der Waals surface area contributed by atoms with Crippen molar-refractivity contribution in [3.63, 3.8) is 0 Å². The van der Waals surface area contributed by atoms with Gasteiger partial charge in [-0.2, -0.15) is 0 Å². The fourth-order valence-corrected chi connectivity index (χ4v) is 2.26. The summed E-state index contributed by atoms with van der Waals surface area (Å²) in [6, 6.07) is 7.92. The number of aliphatic hydroxyl groups excluding tert-OH is 1. The summed E-state index contributed by atoms with van der Waals surface area (Å²) >= 11 is 0. The molecule has 19 heavy (non-hydrogen) atoms. The molecule has 1 atom stereocenters. The van der Waals surface area contributed by atoms with Crippen LogP contribution in [0.25, 0.3) is 0 Å². The molecule has 1 aromatic carbocycles. The largest absolute Gasteiger partial charge is 0.491 e. The molecule has 1 unspecified atom stereocenters. The molecule has 0 spiro atoms. The van der Waals surface area contributed by atoms with E-state index in [1.165, 1.54) is 5.56 Å². The SMILES string of the molecule is Cc1ccc(OCC(O)CN2CCCNCC2)cc1. The number of nitrogens with one attached hydrogen (secondary N) is 1. The molecule has 106 valence electrons. The van der Waals surface area contributed by atoms with Gasteiger partial charge in [0.25, 0.3) is 0 Å². The van der Waals surface area contributed by atoms with Gasteiger partial charge in [0.15, 0.2) is 0 Å². The van der Waals surface area contributed by atoms with E-state index in [2.05, 4.69) is 10.2 Å². The highest BCUT2D eigenvalue weighted by Crippen LogP contribution is 2.11. The summed E-state index contributed by atoms with van der Waals surface area (Å²) in [5.41, 5.74) is 1.21. The normalized spacial score (nSPS) is 18.8. The zero-order chi connectivity index (χ0) is 13.5. The van der Waals surface area contributed by atoms with Gasteiger partial charge in [-0.15, -0.1) is 0 Å². The maximum absolute atomic E-state index is 10.0. The lowest BCUT2D eigenvalue weighted by molar-refractivity contribution is 0.0703. The predicted octanol–water partition coefficient (Wildman–Crippen LogP) is 1.03. The second-order valence-corrected chi connectivity index (χ2v) is 5.18. The van der Waals surface area contributed by atoms with E-state index in [0.717, 1.165) is 38.3 Å². The summed E-state index contributed by atoms with van der Waals surface area (Å²) in [5.74, 6) is 0.821. The average molecular weight is 264 g/mol. The van der Waals surface area contributed by atoms with Gasteiger partial charge in [-0.05, 0) is 38.6 Å². The Bertz CT molecular complexity index is 359. The third-order valence-electron chi connectivity index (χ3n) is 3.37. The molecule has 1 saturated heterocycles. The molecule has 1 aliphatic heterocycles. The van der Waals surface area contributed by atoms with Crippen molar-refractivity contribution < 1.29 is 9.84 Å². The van der Waals surface area contributed by atoms with Crippen molar-refractivity contribution in [3.05, 3.63) is 29.8 Å². The van der Waals surface area contributed by atoms with Crippen LogP contribution < -0.4 is 10.1 Å². The van der Waals surface area contributed by atoms with Gasteiger partial charge in [-0.1, -0.05) is 17.7 Å². The Morgan fingerprint density at radius 1 is 1.26 bits per heavy atom. The van der Waals surface area contributed by atoms with Crippen molar-refractivity contribution in [2.45, 2.75) is 19.4 Å². The zero-order valence-corrected chi connectivity index (χ0v) is 11.6. The molecule has 0 saturated carbocycles. The highest BCUT2D eigenvalue weighted by molar-refractivity contribution is 5.26. The van der Waals surface area contributed by atoms with Gasteiger partial charge in [0.05, 0.1) is 0 Å². The first kappa shape index (κ1) is 14.3. The summed E-state index contributed by atoms with van der Waals surface area (Å²) in [6.07, 6.45) is 0.713. The van der Waals surface area contributed by atoms with Crippen molar-refractivity contribution >= 4 is 0 Å². The Hall–Kier alpha value is -1.10. The maximum atomic E-state index is 10.0. The number of rotatable bonds is 5. The van der Waals surface area contributed by atoms with Gasteiger partial charge >= 0.3 is 0 Å². The summed E-state index contributed by atoms with van der Waals surface area (Å²) in [6.45, 7) is 7.22. The van der Waals surface area contributed by atoms with E-state index in [-0.39, 0.29) is 0 Å². The molecule has 1 heterocycles. The van der Waals surface area contributed by atoms with Crippen LogP contribution in [0, 0.1) is 6.92 Å². The lowest BCUT2D eigenvalue weighted by Crippen LogP contribution is -2.37. The highest BCUT2D eigenvalue weighted by Gasteiger charge is 2.13. The third-order valence-corrected chi connectivity index (χ3v) is 3.37. The fraction of sp³-hybridized carbons (Fsp3) is 0.600. The van der Waals surface area contributed by atoms with Crippen LogP contribution in [0.4, 0.5) is 0 Å². The van der Waals surface area contributed by atoms with Crippen molar-refractivity contribution in [2.75, 3.05) is 39.3 Å². The van der Waals surface area contributed by atoms with Crippen LogP contribution in [-0.4, -0.2) is 55.4 Å². The molecule has 2 rings (SSSR count). The third kappa shape index (κ3) is 5.19. The summed E-state index contributed by atoms with van der Waals surface area (Å²) < 4.78 is 5.60. The van der Waals surface area contributed by atoms with Crippen LogP contribution in [0.5, 0.6) is 5.75 Å². The average Bonchev–Trinajstić information content (AvgIpc) is 2.67. The number of β-amino-alcohol motifs (C(OH)–C–C–N with tert-alkyl or cyclic N) is 1. The van der Waals surface area contributed by atoms with Gasteiger partial charge in [0.1, 0.15) is 18.5 Å². The van der Waals surface area contributed by atoms with E-state index in [9.17, 15) is 5.11 Å². The smallest absolute Gasteiger partial charge is 0.119 e. The Kier molecular flexibility index (Phi) is 5.63. The van der Waals surface area contributed by atoms with Crippen LogP contribution in [0.1, 0.15) is 12.0 Å². The van der Waals surface area contributed by atoms with E-state index < -0.39 is 6.10 Å². The Morgan fingerprint density at radius 2 is 2.05 bits per heavy atom. The summed E-state index contributed by atoms with van der Waals surface area (Å²) in [4.78, 5) is 2.29. The number of nitrogens with zero attached hydrogens (tertiary/aromatic N) is 1. The molecule has 1 aromatic rings. The van der Waals surface area contributed by atoms with Crippen LogP contribution in [-0.2, 0) is 0 Å². The molecule has 0 amide bonds. The second kappa shape index (κ2) is 7.48. The zero-order valence-electron chi connectivity index (χ0n) is 11.6. The molecule has 1 fully saturated rings. The molecule has 0 aliphatic carbocycles. The number of aryl methyl sites for hydroxylation is 1. The standard InChI is InChI=1S/C15H24N2O2/c1-13-3-5-15(6-4-13)19-12-14(18)11-17-9-2-7-16-8-10-17/h3-6,14,16,18H,2,7-12H2,1H3. The Morgan fingerprint density at radius 3 is 2.84 bits per heavy atom. The number of aliphatic hydroxyl groups is 1. The minimum Gasteiger partial charge on any atom is -0.491 e. The molecule has 4 heteroatoms. The molecule has 4 nitrogen and oxygen atoms in total. The van der Waals surface area contributed by atoms with Crippen molar-refractivity contribution in [1.82, 2.24) is 10.2 Å². The van der Waals surface area contributed by atoms with Gasteiger partial charge in [-0.25, -0.2) is 0 Å². The predicted molar refractivity (Wildman–Crippen MR) is 76.6 cm³/mol. The lowest BCUT2D eigenvalue weighted by atomic mass is 10.2. The molecule has 2 N–H and O–H groups in total. The molecule has 1 aliphatic rings. The molecule has 0 aromatic heterocycles. The summed E-state index contributed by atoms with van der Waals surface area (Å²) in [5, 5.41) is 13.4. The Balaban J connectivity index is 1.71. The molecule has 0 bridgehead atoms. The fourth-order valence-electron chi connectivity index (χ4n) is 2.26. The number of benzene rings is 1. The quantitative estimate of drug-likeness (QED) is 0.834. The van der Waals surface area contributed by atoms with E-state index in [1.807, 2.05) is 31.2 Å². The van der Waals surface area contributed by atoms with Crippen molar-refractivity contribution in [1.29, 1.82) is 0 Å². The first-order valence-electron chi connectivity index (χ1n) is 7.04. The highest BCUT2D eigenvalue weighted by atomic mass is 16.5. The van der Waals surface area contributed by atoms with Gasteiger partial charge < -0.3 is 15.2 Å². The number of hydrogen-bond donors (Lipinski definition) is 2. The number of ether oxygens (including phenoxy) is 1. The first-order chi connectivity index (χ1) is 9.24. The second-order valence-electron chi connectivity index (χ2n) is 5.18. The van der Waals surface area contributed by atoms with Crippen molar-refractivity contribution in [2.24, 2.45) is 0 Å².